The molecule has 0 atom stereocenters. The third kappa shape index (κ3) is 4.02. The number of rotatable bonds is 6. The quantitative estimate of drug-likeness (QED) is 0.420. The SMILES string of the molecule is Cc1ccc(-n2nnnc2C/C=N\Nc2ccc([N+](=O)[O-])cc2)cc1. The Kier molecular flexibility index (Phi) is 4.74. The van der Waals surface area contributed by atoms with Crippen molar-refractivity contribution in [3.05, 3.63) is 70.0 Å². The van der Waals surface area contributed by atoms with Crippen LogP contribution < -0.4 is 5.43 Å². The van der Waals surface area contributed by atoms with Crippen LogP contribution in [-0.4, -0.2) is 31.3 Å². The summed E-state index contributed by atoms with van der Waals surface area (Å²) in [5.74, 6) is 0.651. The Morgan fingerprint density at radius 3 is 2.60 bits per heavy atom. The zero-order valence-electron chi connectivity index (χ0n) is 13.4. The Morgan fingerprint density at radius 2 is 1.92 bits per heavy atom. The highest BCUT2D eigenvalue weighted by Crippen LogP contribution is 2.15. The summed E-state index contributed by atoms with van der Waals surface area (Å²) in [5, 5.41) is 26.4. The maximum absolute atomic E-state index is 10.6. The largest absolute Gasteiger partial charge is 0.279 e. The van der Waals surface area contributed by atoms with Crippen LogP contribution in [0.25, 0.3) is 5.69 Å². The number of nitro benzene ring substituents is 1. The first kappa shape index (κ1) is 16.2. The van der Waals surface area contributed by atoms with Crippen molar-refractivity contribution in [2.75, 3.05) is 5.43 Å². The first-order valence-corrected chi connectivity index (χ1v) is 7.50. The third-order valence-corrected chi connectivity index (χ3v) is 3.45. The van der Waals surface area contributed by atoms with Crippen molar-refractivity contribution in [3.8, 4) is 5.69 Å². The van der Waals surface area contributed by atoms with E-state index in [4.69, 9.17) is 0 Å². The Morgan fingerprint density at radius 1 is 1.20 bits per heavy atom. The van der Waals surface area contributed by atoms with E-state index in [0.29, 0.717) is 17.9 Å². The summed E-state index contributed by atoms with van der Waals surface area (Å²) in [7, 11) is 0. The van der Waals surface area contributed by atoms with Gasteiger partial charge in [-0.2, -0.15) is 9.78 Å². The molecule has 0 bridgehead atoms. The van der Waals surface area contributed by atoms with Crippen molar-refractivity contribution in [3.63, 3.8) is 0 Å². The number of hydrogen-bond acceptors (Lipinski definition) is 7. The first-order chi connectivity index (χ1) is 12.1. The minimum Gasteiger partial charge on any atom is -0.279 e. The van der Waals surface area contributed by atoms with Crippen molar-refractivity contribution in [2.45, 2.75) is 13.3 Å². The molecule has 0 aliphatic heterocycles. The van der Waals surface area contributed by atoms with E-state index in [0.717, 1.165) is 11.3 Å². The van der Waals surface area contributed by atoms with Gasteiger partial charge < -0.3 is 0 Å². The van der Waals surface area contributed by atoms with Gasteiger partial charge in [0.1, 0.15) is 0 Å². The second-order valence-electron chi connectivity index (χ2n) is 5.27. The van der Waals surface area contributed by atoms with Gasteiger partial charge in [-0.25, -0.2) is 0 Å². The molecule has 9 heteroatoms. The van der Waals surface area contributed by atoms with Crippen molar-refractivity contribution >= 4 is 17.6 Å². The minimum absolute atomic E-state index is 0.0341. The van der Waals surface area contributed by atoms with Crippen molar-refractivity contribution in [2.24, 2.45) is 5.10 Å². The molecule has 0 aliphatic carbocycles. The fraction of sp³-hybridized carbons (Fsp3) is 0.125. The predicted molar refractivity (Wildman–Crippen MR) is 92.8 cm³/mol. The van der Waals surface area contributed by atoms with E-state index in [-0.39, 0.29) is 5.69 Å². The van der Waals surface area contributed by atoms with Gasteiger partial charge in [0, 0.05) is 24.8 Å². The topological polar surface area (TPSA) is 111 Å². The molecule has 2 aromatic carbocycles. The predicted octanol–water partition coefficient (Wildman–Crippen LogP) is 2.52. The first-order valence-electron chi connectivity index (χ1n) is 7.50. The van der Waals surface area contributed by atoms with Gasteiger partial charge in [0.25, 0.3) is 5.69 Å². The Labute approximate surface area is 143 Å². The molecule has 0 unspecified atom stereocenters. The normalized spacial score (nSPS) is 10.9. The number of nitro groups is 1. The number of hydrogen-bond donors (Lipinski definition) is 1. The van der Waals surface area contributed by atoms with Gasteiger partial charge in [0.15, 0.2) is 5.82 Å². The lowest BCUT2D eigenvalue weighted by Gasteiger charge is -2.03. The molecule has 3 aromatic rings. The second-order valence-corrected chi connectivity index (χ2v) is 5.27. The van der Waals surface area contributed by atoms with Crippen molar-refractivity contribution < 1.29 is 4.92 Å². The summed E-state index contributed by atoms with van der Waals surface area (Å²) in [6.45, 7) is 2.01. The number of nitrogens with one attached hydrogen (secondary N) is 1. The molecule has 126 valence electrons. The van der Waals surface area contributed by atoms with Crippen LogP contribution in [-0.2, 0) is 6.42 Å². The summed E-state index contributed by atoms with van der Waals surface area (Å²) in [5.41, 5.74) is 5.53. The zero-order chi connectivity index (χ0) is 17.6. The van der Waals surface area contributed by atoms with E-state index < -0.39 is 4.92 Å². The number of tetrazole rings is 1. The molecule has 3 rings (SSSR count). The van der Waals surface area contributed by atoms with Crippen LogP contribution in [0.1, 0.15) is 11.4 Å². The fourth-order valence-electron chi connectivity index (χ4n) is 2.12. The maximum atomic E-state index is 10.6. The number of hydrazone groups is 1. The monoisotopic (exact) mass is 337 g/mol. The fourth-order valence-corrected chi connectivity index (χ4v) is 2.12. The number of benzene rings is 2. The average molecular weight is 337 g/mol. The van der Waals surface area contributed by atoms with Crippen LogP contribution in [0.4, 0.5) is 11.4 Å². The van der Waals surface area contributed by atoms with Gasteiger partial charge in [-0.1, -0.05) is 17.7 Å². The lowest BCUT2D eigenvalue weighted by atomic mass is 10.2. The number of non-ortho nitro benzene ring substituents is 1. The summed E-state index contributed by atoms with van der Waals surface area (Å²) in [4.78, 5) is 10.2. The molecule has 0 amide bonds. The van der Waals surface area contributed by atoms with Gasteiger partial charge in [0.05, 0.1) is 16.3 Å². The zero-order valence-corrected chi connectivity index (χ0v) is 13.4. The molecular formula is C16H15N7O2. The van der Waals surface area contributed by atoms with Gasteiger partial charge >= 0.3 is 0 Å². The van der Waals surface area contributed by atoms with E-state index in [9.17, 15) is 10.1 Å². The van der Waals surface area contributed by atoms with E-state index in [1.807, 2.05) is 31.2 Å². The smallest absolute Gasteiger partial charge is 0.269 e. The van der Waals surface area contributed by atoms with Crippen LogP contribution in [0.15, 0.2) is 53.6 Å². The number of anilines is 1. The van der Waals surface area contributed by atoms with E-state index >= 15 is 0 Å². The molecule has 0 spiro atoms. The van der Waals surface area contributed by atoms with Gasteiger partial charge in [-0.3, -0.25) is 15.5 Å². The van der Waals surface area contributed by atoms with E-state index in [1.165, 1.54) is 12.1 Å². The lowest BCUT2D eigenvalue weighted by Crippen LogP contribution is -2.04. The second kappa shape index (κ2) is 7.30. The van der Waals surface area contributed by atoms with Gasteiger partial charge in [-0.05, 0) is 41.6 Å². The van der Waals surface area contributed by atoms with E-state index in [1.54, 1.807) is 23.0 Å². The molecule has 0 fully saturated rings. The average Bonchev–Trinajstić information content (AvgIpc) is 3.08. The number of nitrogens with zero attached hydrogens (tertiary/aromatic N) is 6. The highest BCUT2D eigenvalue weighted by atomic mass is 16.6. The van der Waals surface area contributed by atoms with Crippen molar-refractivity contribution in [1.29, 1.82) is 0 Å². The Balaban J connectivity index is 1.62. The summed E-state index contributed by atoms with van der Waals surface area (Å²) >= 11 is 0. The molecular weight excluding hydrogens is 322 g/mol. The van der Waals surface area contributed by atoms with Crippen molar-refractivity contribution in [1.82, 2.24) is 20.2 Å². The Bertz CT molecular complexity index is 886. The third-order valence-electron chi connectivity index (χ3n) is 3.45. The van der Waals surface area contributed by atoms with Gasteiger partial charge in [0.2, 0.25) is 0 Å². The highest BCUT2D eigenvalue weighted by molar-refractivity contribution is 5.62. The molecule has 9 nitrogen and oxygen atoms in total. The van der Waals surface area contributed by atoms with Crippen LogP contribution in [0.5, 0.6) is 0 Å². The number of aryl methyl sites for hydroxylation is 1. The lowest BCUT2D eigenvalue weighted by molar-refractivity contribution is -0.384. The minimum atomic E-state index is -0.446. The van der Waals surface area contributed by atoms with Gasteiger partial charge in [-0.15, -0.1) is 5.10 Å². The van der Waals surface area contributed by atoms with Crippen LogP contribution >= 0.6 is 0 Å². The molecule has 0 saturated carbocycles. The van der Waals surface area contributed by atoms with Crippen LogP contribution in [0.2, 0.25) is 0 Å². The molecule has 0 radical (unpaired) electrons. The summed E-state index contributed by atoms with van der Waals surface area (Å²) in [6.07, 6.45) is 2.07. The summed E-state index contributed by atoms with van der Waals surface area (Å²) < 4.78 is 1.65. The maximum Gasteiger partial charge on any atom is 0.269 e. The molecule has 25 heavy (non-hydrogen) atoms. The molecule has 0 saturated heterocycles. The van der Waals surface area contributed by atoms with E-state index in [2.05, 4.69) is 26.1 Å². The van der Waals surface area contributed by atoms with Crippen LogP contribution in [0, 0.1) is 17.0 Å². The molecule has 0 aliphatic rings. The Hall–Kier alpha value is -3.62. The number of aromatic nitrogens is 4. The molecule has 1 aromatic heterocycles. The highest BCUT2D eigenvalue weighted by Gasteiger charge is 2.07. The van der Waals surface area contributed by atoms with Crippen LogP contribution in [0.3, 0.4) is 0 Å². The summed E-state index contributed by atoms with van der Waals surface area (Å²) in [6, 6.07) is 13.9. The standard InChI is InChI=1S/C16H15N7O2/c1-12-2-6-14(7-3-12)22-16(19-20-21-22)10-11-17-18-13-4-8-15(9-5-13)23(24)25/h2-9,11,18H,10H2,1H3/b17-11-. The molecule has 1 N–H and O–H groups in total. The molecule has 1 heterocycles.